The molecule has 0 aliphatic carbocycles. The molecule has 0 aliphatic rings. The Morgan fingerprint density at radius 2 is 2.22 bits per heavy atom. The Hall–Kier alpha value is -1.03. The fraction of sp³-hybridized carbons (Fsp3) is 0.643. The minimum absolute atomic E-state index is 0.536. The lowest BCUT2D eigenvalue weighted by Crippen LogP contribution is -2.33. The molecule has 1 aromatic heterocycles. The summed E-state index contributed by atoms with van der Waals surface area (Å²) >= 11 is 1.81. The van der Waals surface area contributed by atoms with E-state index in [-0.39, 0.29) is 0 Å². The van der Waals surface area contributed by atoms with Gasteiger partial charge in [0.15, 0.2) is 5.96 Å². The Balaban J connectivity index is 2.21. The first-order valence-corrected chi connectivity index (χ1v) is 7.52. The molecule has 0 bridgehead atoms. The lowest BCUT2D eigenvalue weighted by Gasteiger charge is -2.10. The quantitative estimate of drug-likeness (QED) is 0.589. The smallest absolute Gasteiger partial charge is 0.188 e. The van der Waals surface area contributed by atoms with E-state index in [4.69, 9.17) is 5.73 Å². The van der Waals surface area contributed by atoms with Gasteiger partial charge in [0.2, 0.25) is 0 Å². The molecule has 1 aromatic rings. The minimum atomic E-state index is 0.536. The Kier molecular flexibility index (Phi) is 6.80. The number of rotatable bonds is 7. The van der Waals surface area contributed by atoms with Crippen molar-refractivity contribution in [2.75, 3.05) is 13.1 Å². The number of nitrogens with one attached hydrogen (secondary N) is 1. The Morgan fingerprint density at radius 1 is 1.44 bits per heavy atom. The molecule has 1 atom stereocenters. The molecule has 0 saturated heterocycles. The molecule has 4 heteroatoms. The van der Waals surface area contributed by atoms with Gasteiger partial charge in [-0.3, -0.25) is 4.99 Å². The normalized spacial score (nSPS) is 13.9. The highest BCUT2D eigenvalue weighted by Gasteiger charge is 2.04. The van der Waals surface area contributed by atoms with E-state index in [0.717, 1.165) is 25.9 Å². The first-order chi connectivity index (χ1) is 8.58. The van der Waals surface area contributed by atoms with E-state index < -0.39 is 0 Å². The maximum atomic E-state index is 5.82. The number of nitrogens with zero attached hydrogens (tertiary/aromatic N) is 1. The summed E-state index contributed by atoms with van der Waals surface area (Å²) in [6.45, 7) is 8.32. The van der Waals surface area contributed by atoms with Crippen LogP contribution in [0.4, 0.5) is 0 Å². The van der Waals surface area contributed by atoms with Gasteiger partial charge in [0.05, 0.1) is 0 Å². The van der Waals surface area contributed by atoms with Crippen LogP contribution in [0.2, 0.25) is 0 Å². The second-order valence-electron chi connectivity index (χ2n) is 5.22. The number of hydrogen-bond donors (Lipinski definition) is 2. The molecule has 1 unspecified atom stereocenters. The van der Waals surface area contributed by atoms with Gasteiger partial charge in [0.1, 0.15) is 0 Å². The highest BCUT2D eigenvalue weighted by molar-refractivity contribution is 7.09. The first kappa shape index (κ1) is 15.0. The van der Waals surface area contributed by atoms with Crippen molar-refractivity contribution < 1.29 is 0 Å². The van der Waals surface area contributed by atoms with E-state index in [2.05, 4.69) is 48.6 Å². The Labute approximate surface area is 115 Å². The van der Waals surface area contributed by atoms with Gasteiger partial charge in [-0.05, 0) is 36.1 Å². The number of nitrogens with two attached hydrogens (primary N) is 1. The molecule has 0 amide bonds. The van der Waals surface area contributed by atoms with Crippen LogP contribution in [-0.4, -0.2) is 19.0 Å². The van der Waals surface area contributed by atoms with Crippen LogP contribution in [0.3, 0.4) is 0 Å². The highest BCUT2D eigenvalue weighted by atomic mass is 32.1. The van der Waals surface area contributed by atoms with Gasteiger partial charge in [-0.25, -0.2) is 0 Å². The van der Waals surface area contributed by atoms with Crippen LogP contribution in [0.15, 0.2) is 22.5 Å². The van der Waals surface area contributed by atoms with E-state index in [0.29, 0.717) is 17.8 Å². The van der Waals surface area contributed by atoms with Crippen LogP contribution >= 0.6 is 11.3 Å². The summed E-state index contributed by atoms with van der Waals surface area (Å²) in [4.78, 5) is 5.81. The van der Waals surface area contributed by atoms with Crippen LogP contribution in [-0.2, 0) is 6.42 Å². The van der Waals surface area contributed by atoms with Gasteiger partial charge in [-0.1, -0.05) is 26.8 Å². The van der Waals surface area contributed by atoms with E-state index in [1.807, 2.05) is 11.3 Å². The average Bonchev–Trinajstić information content (AvgIpc) is 2.78. The highest BCUT2D eigenvalue weighted by Crippen LogP contribution is 2.14. The van der Waals surface area contributed by atoms with Crippen molar-refractivity contribution in [1.82, 2.24) is 5.32 Å². The molecule has 0 aliphatic heterocycles. The fourth-order valence-corrected chi connectivity index (χ4v) is 2.51. The van der Waals surface area contributed by atoms with Crippen LogP contribution in [0.5, 0.6) is 0 Å². The molecule has 102 valence electrons. The van der Waals surface area contributed by atoms with E-state index in [1.54, 1.807) is 0 Å². The molecular weight excluding hydrogens is 242 g/mol. The number of guanidine groups is 1. The van der Waals surface area contributed by atoms with Crippen molar-refractivity contribution in [2.24, 2.45) is 22.6 Å². The van der Waals surface area contributed by atoms with Gasteiger partial charge in [0.25, 0.3) is 0 Å². The molecule has 0 radical (unpaired) electrons. The molecule has 0 saturated carbocycles. The molecule has 3 nitrogen and oxygen atoms in total. The van der Waals surface area contributed by atoms with Crippen molar-refractivity contribution in [1.29, 1.82) is 0 Å². The zero-order chi connectivity index (χ0) is 13.4. The monoisotopic (exact) mass is 267 g/mol. The van der Waals surface area contributed by atoms with Crippen molar-refractivity contribution >= 4 is 17.3 Å². The third kappa shape index (κ3) is 6.64. The van der Waals surface area contributed by atoms with Crippen molar-refractivity contribution in [2.45, 2.75) is 33.6 Å². The Bertz CT molecular complexity index is 344. The topological polar surface area (TPSA) is 50.4 Å². The van der Waals surface area contributed by atoms with Crippen LogP contribution in [0.25, 0.3) is 0 Å². The summed E-state index contributed by atoms with van der Waals surface area (Å²) in [6.07, 6.45) is 2.21. The minimum Gasteiger partial charge on any atom is -0.370 e. The predicted octanol–water partition coefficient (Wildman–Crippen LogP) is 2.88. The molecule has 18 heavy (non-hydrogen) atoms. The third-order valence-electron chi connectivity index (χ3n) is 2.73. The number of thiophene rings is 1. The second kappa shape index (κ2) is 8.14. The van der Waals surface area contributed by atoms with Gasteiger partial charge in [0, 0.05) is 18.0 Å². The van der Waals surface area contributed by atoms with Crippen molar-refractivity contribution in [3.63, 3.8) is 0 Å². The molecule has 3 N–H and O–H groups in total. The summed E-state index contributed by atoms with van der Waals surface area (Å²) in [5.41, 5.74) is 5.82. The fourth-order valence-electron chi connectivity index (χ4n) is 1.64. The summed E-state index contributed by atoms with van der Waals surface area (Å²) in [5, 5.41) is 5.28. The molecular formula is C14H25N3S. The van der Waals surface area contributed by atoms with Crippen molar-refractivity contribution in [3.05, 3.63) is 22.4 Å². The third-order valence-corrected chi connectivity index (χ3v) is 3.63. The maximum absolute atomic E-state index is 5.82. The molecule has 0 spiro atoms. The van der Waals surface area contributed by atoms with Gasteiger partial charge in [-0.15, -0.1) is 11.3 Å². The van der Waals surface area contributed by atoms with E-state index >= 15 is 0 Å². The standard InChI is InChI=1S/C14H25N3S/c1-11(2)6-7-16-14(15)17-10-12(3)9-13-5-4-8-18-13/h4-5,8,11-12H,6-7,9-10H2,1-3H3,(H3,15,16,17). The summed E-state index contributed by atoms with van der Waals surface area (Å²) in [6, 6.07) is 4.27. The van der Waals surface area contributed by atoms with Crippen molar-refractivity contribution in [3.8, 4) is 0 Å². The van der Waals surface area contributed by atoms with Gasteiger partial charge < -0.3 is 11.1 Å². The number of hydrogen-bond acceptors (Lipinski definition) is 2. The SMILES string of the molecule is CC(C)CCNC(N)=NCC(C)Cc1cccs1. The van der Waals surface area contributed by atoms with E-state index in [9.17, 15) is 0 Å². The van der Waals surface area contributed by atoms with Crippen LogP contribution in [0.1, 0.15) is 32.1 Å². The predicted molar refractivity (Wildman–Crippen MR) is 81.1 cm³/mol. The second-order valence-corrected chi connectivity index (χ2v) is 6.26. The number of aliphatic imine (C=N–C) groups is 1. The molecule has 1 rings (SSSR count). The molecule has 0 aromatic carbocycles. The largest absolute Gasteiger partial charge is 0.370 e. The van der Waals surface area contributed by atoms with Gasteiger partial charge >= 0.3 is 0 Å². The first-order valence-electron chi connectivity index (χ1n) is 6.64. The average molecular weight is 267 g/mol. The summed E-state index contributed by atoms with van der Waals surface area (Å²) in [5.74, 6) is 1.81. The molecule has 0 fully saturated rings. The summed E-state index contributed by atoms with van der Waals surface area (Å²) in [7, 11) is 0. The lowest BCUT2D eigenvalue weighted by molar-refractivity contribution is 0.572. The maximum Gasteiger partial charge on any atom is 0.188 e. The summed E-state index contributed by atoms with van der Waals surface area (Å²) < 4.78 is 0. The van der Waals surface area contributed by atoms with Gasteiger partial charge in [-0.2, -0.15) is 0 Å². The zero-order valence-electron chi connectivity index (χ0n) is 11.6. The lowest BCUT2D eigenvalue weighted by atomic mass is 10.1. The van der Waals surface area contributed by atoms with Crippen LogP contribution in [0, 0.1) is 11.8 Å². The van der Waals surface area contributed by atoms with Crippen LogP contribution < -0.4 is 11.1 Å². The van der Waals surface area contributed by atoms with E-state index in [1.165, 1.54) is 4.88 Å². The molecule has 1 heterocycles. The zero-order valence-corrected chi connectivity index (χ0v) is 12.5. The Morgan fingerprint density at radius 3 is 2.83 bits per heavy atom.